The van der Waals surface area contributed by atoms with E-state index >= 15 is 0 Å². The smallest absolute Gasteiger partial charge is 0.153 e. The van der Waals surface area contributed by atoms with Crippen LogP contribution in [0, 0.1) is 0 Å². The Morgan fingerprint density at radius 1 is 1.30 bits per heavy atom. The number of hydrogen-bond donors (Lipinski definition) is 1. The molecular formula is C17H19N3O2S. The fraction of sp³-hybridized carbons (Fsp3) is 0.235. The number of nitrogens with two attached hydrogens (primary N) is 1. The SMILES string of the molecule is CN(C)CCOc1ccc(-c2nc(-c3ccco3)cs2)cc1N. The summed E-state index contributed by atoms with van der Waals surface area (Å²) >= 11 is 1.56. The van der Waals surface area contributed by atoms with Crippen LogP contribution in [0.3, 0.4) is 0 Å². The first-order valence-corrected chi connectivity index (χ1v) is 8.18. The van der Waals surface area contributed by atoms with Gasteiger partial charge in [0, 0.05) is 17.5 Å². The second-order valence-electron chi connectivity index (χ2n) is 5.42. The number of nitrogen functional groups attached to an aromatic ring is 1. The third-order valence-corrected chi connectivity index (χ3v) is 4.22. The minimum absolute atomic E-state index is 0.608. The summed E-state index contributed by atoms with van der Waals surface area (Å²) in [6.07, 6.45) is 1.65. The Morgan fingerprint density at radius 3 is 2.87 bits per heavy atom. The van der Waals surface area contributed by atoms with E-state index in [9.17, 15) is 0 Å². The number of likely N-dealkylation sites (N-methyl/N-ethyl adjacent to an activating group) is 1. The first-order valence-electron chi connectivity index (χ1n) is 7.30. The van der Waals surface area contributed by atoms with E-state index in [1.807, 2.05) is 49.8 Å². The van der Waals surface area contributed by atoms with Crippen LogP contribution in [0.1, 0.15) is 0 Å². The molecule has 0 spiro atoms. The zero-order valence-corrected chi connectivity index (χ0v) is 14.0. The third kappa shape index (κ3) is 3.72. The van der Waals surface area contributed by atoms with Gasteiger partial charge in [0.15, 0.2) is 5.76 Å². The van der Waals surface area contributed by atoms with Crippen LogP contribution in [-0.4, -0.2) is 37.1 Å². The van der Waals surface area contributed by atoms with E-state index in [0.717, 1.165) is 28.6 Å². The highest BCUT2D eigenvalue weighted by atomic mass is 32.1. The van der Waals surface area contributed by atoms with E-state index in [4.69, 9.17) is 14.9 Å². The molecule has 0 aliphatic rings. The van der Waals surface area contributed by atoms with Gasteiger partial charge >= 0.3 is 0 Å². The maximum absolute atomic E-state index is 6.10. The van der Waals surface area contributed by atoms with Crippen molar-refractivity contribution < 1.29 is 9.15 Å². The minimum Gasteiger partial charge on any atom is -0.490 e. The van der Waals surface area contributed by atoms with Gasteiger partial charge in [-0.1, -0.05) is 0 Å². The Morgan fingerprint density at radius 2 is 2.17 bits per heavy atom. The summed E-state index contributed by atoms with van der Waals surface area (Å²) in [5.41, 5.74) is 8.53. The van der Waals surface area contributed by atoms with Crippen molar-refractivity contribution >= 4 is 17.0 Å². The molecule has 1 aromatic carbocycles. The van der Waals surface area contributed by atoms with E-state index < -0.39 is 0 Å². The molecule has 2 heterocycles. The van der Waals surface area contributed by atoms with E-state index in [2.05, 4.69) is 9.88 Å². The number of aromatic nitrogens is 1. The molecule has 6 heteroatoms. The van der Waals surface area contributed by atoms with Gasteiger partial charge in [-0.05, 0) is 44.4 Å². The molecule has 3 aromatic rings. The average Bonchev–Trinajstić information content (AvgIpc) is 3.19. The van der Waals surface area contributed by atoms with Gasteiger partial charge in [-0.3, -0.25) is 0 Å². The first-order chi connectivity index (χ1) is 11.1. The highest BCUT2D eigenvalue weighted by Gasteiger charge is 2.10. The van der Waals surface area contributed by atoms with Crippen molar-refractivity contribution in [1.82, 2.24) is 9.88 Å². The number of nitrogens with zero attached hydrogens (tertiary/aromatic N) is 2. The zero-order valence-electron chi connectivity index (χ0n) is 13.2. The molecule has 0 bridgehead atoms. The fourth-order valence-electron chi connectivity index (χ4n) is 2.09. The Bertz CT molecular complexity index is 766. The van der Waals surface area contributed by atoms with Crippen molar-refractivity contribution in [2.24, 2.45) is 0 Å². The molecule has 2 N–H and O–H groups in total. The van der Waals surface area contributed by atoms with Gasteiger partial charge in [-0.2, -0.15) is 0 Å². The Kier molecular flexibility index (Phi) is 4.64. The van der Waals surface area contributed by atoms with Gasteiger partial charge in [-0.15, -0.1) is 11.3 Å². The Hall–Kier alpha value is -2.31. The monoisotopic (exact) mass is 329 g/mol. The minimum atomic E-state index is 0.608. The lowest BCUT2D eigenvalue weighted by Gasteiger charge is -2.12. The van der Waals surface area contributed by atoms with Gasteiger partial charge < -0.3 is 19.8 Å². The highest BCUT2D eigenvalue weighted by Crippen LogP contribution is 2.32. The summed E-state index contributed by atoms with van der Waals surface area (Å²) in [5.74, 6) is 1.47. The number of rotatable bonds is 6. The molecule has 120 valence electrons. The quantitative estimate of drug-likeness (QED) is 0.700. The molecule has 0 unspecified atom stereocenters. The number of thiazole rings is 1. The molecule has 23 heavy (non-hydrogen) atoms. The topological polar surface area (TPSA) is 64.5 Å². The van der Waals surface area contributed by atoms with Crippen molar-refractivity contribution in [2.75, 3.05) is 33.0 Å². The van der Waals surface area contributed by atoms with Crippen LogP contribution in [0.5, 0.6) is 5.75 Å². The van der Waals surface area contributed by atoms with Crippen LogP contribution in [-0.2, 0) is 0 Å². The number of ether oxygens (including phenoxy) is 1. The van der Waals surface area contributed by atoms with Crippen molar-refractivity contribution in [1.29, 1.82) is 0 Å². The molecule has 0 amide bonds. The van der Waals surface area contributed by atoms with Crippen LogP contribution in [0.2, 0.25) is 0 Å². The maximum Gasteiger partial charge on any atom is 0.153 e. The van der Waals surface area contributed by atoms with Crippen LogP contribution in [0.15, 0.2) is 46.4 Å². The van der Waals surface area contributed by atoms with Gasteiger partial charge in [0.2, 0.25) is 0 Å². The second-order valence-corrected chi connectivity index (χ2v) is 6.28. The van der Waals surface area contributed by atoms with Gasteiger partial charge in [0.25, 0.3) is 0 Å². The summed E-state index contributed by atoms with van der Waals surface area (Å²) in [6.45, 7) is 1.45. The molecular weight excluding hydrogens is 310 g/mol. The number of benzene rings is 1. The van der Waals surface area contributed by atoms with Crippen molar-refractivity contribution in [2.45, 2.75) is 0 Å². The zero-order chi connectivity index (χ0) is 16.2. The molecule has 0 aliphatic heterocycles. The maximum atomic E-state index is 6.10. The van der Waals surface area contributed by atoms with Crippen molar-refractivity contribution in [3.8, 4) is 27.8 Å². The number of hydrogen-bond acceptors (Lipinski definition) is 6. The summed E-state index contributed by atoms with van der Waals surface area (Å²) in [5, 5.41) is 2.88. The lowest BCUT2D eigenvalue weighted by molar-refractivity contribution is 0.262. The van der Waals surface area contributed by atoms with E-state index in [1.54, 1.807) is 17.6 Å². The van der Waals surface area contributed by atoms with E-state index in [1.165, 1.54) is 0 Å². The van der Waals surface area contributed by atoms with Gasteiger partial charge in [0.05, 0.1) is 12.0 Å². The molecule has 0 atom stereocenters. The summed E-state index contributed by atoms with van der Waals surface area (Å²) < 4.78 is 11.1. The molecule has 0 saturated heterocycles. The number of anilines is 1. The van der Waals surface area contributed by atoms with Crippen molar-refractivity contribution in [3.63, 3.8) is 0 Å². The normalized spacial score (nSPS) is 11.1. The average molecular weight is 329 g/mol. The van der Waals surface area contributed by atoms with Crippen LogP contribution in [0.25, 0.3) is 22.0 Å². The second kappa shape index (κ2) is 6.85. The molecule has 3 rings (SSSR count). The van der Waals surface area contributed by atoms with E-state index in [0.29, 0.717) is 18.0 Å². The third-order valence-electron chi connectivity index (χ3n) is 3.33. The summed E-state index contributed by atoms with van der Waals surface area (Å²) in [4.78, 5) is 6.67. The molecule has 0 saturated carbocycles. The Labute approximate surface area is 139 Å². The standard InChI is InChI=1S/C17H19N3O2S/c1-20(2)7-9-22-15-6-5-12(10-13(15)18)17-19-14(11-23-17)16-4-3-8-21-16/h3-6,8,10-11H,7,9,18H2,1-2H3. The predicted molar refractivity (Wildman–Crippen MR) is 93.7 cm³/mol. The van der Waals surface area contributed by atoms with Gasteiger partial charge in [0.1, 0.15) is 23.1 Å². The predicted octanol–water partition coefficient (Wildman–Crippen LogP) is 3.59. The van der Waals surface area contributed by atoms with Crippen LogP contribution in [0.4, 0.5) is 5.69 Å². The van der Waals surface area contributed by atoms with Gasteiger partial charge in [-0.25, -0.2) is 4.98 Å². The molecule has 0 aliphatic carbocycles. The van der Waals surface area contributed by atoms with Crippen LogP contribution < -0.4 is 10.5 Å². The summed E-state index contributed by atoms with van der Waals surface area (Å²) in [7, 11) is 4.02. The van der Waals surface area contributed by atoms with E-state index in [-0.39, 0.29) is 0 Å². The van der Waals surface area contributed by atoms with Crippen molar-refractivity contribution in [3.05, 3.63) is 42.0 Å². The highest BCUT2D eigenvalue weighted by molar-refractivity contribution is 7.13. The summed E-state index contributed by atoms with van der Waals surface area (Å²) in [6, 6.07) is 9.53. The number of furan rings is 1. The lowest BCUT2D eigenvalue weighted by Crippen LogP contribution is -2.19. The molecule has 2 aromatic heterocycles. The largest absolute Gasteiger partial charge is 0.490 e. The first kappa shape index (κ1) is 15.6. The molecule has 0 fully saturated rings. The molecule has 5 nitrogen and oxygen atoms in total. The fourth-order valence-corrected chi connectivity index (χ4v) is 2.90. The lowest BCUT2D eigenvalue weighted by atomic mass is 10.2. The molecule has 0 radical (unpaired) electrons. The Balaban J connectivity index is 1.75. The van der Waals surface area contributed by atoms with Crippen LogP contribution >= 0.6 is 11.3 Å².